The minimum Gasteiger partial charge on any atom is -0.466 e. The number of rotatable bonds is 4. The monoisotopic (exact) mass is 254 g/mol. The van der Waals surface area contributed by atoms with Gasteiger partial charge in [-0.1, -0.05) is 24.6 Å². The predicted molar refractivity (Wildman–Crippen MR) is 62.3 cm³/mol. The Morgan fingerprint density at radius 3 is 3.00 bits per heavy atom. The van der Waals surface area contributed by atoms with E-state index in [-0.39, 0.29) is 5.97 Å². The van der Waals surface area contributed by atoms with Crippen LogP contribution in [0, 0.1) is 0 Å². The highest BCUT2D eigenvalue weighted by atomic mass is 32.2. The summed E-state index contributed by atoms with van der Waals surface area (Å²) in [6.45, 7) is 0. The molecule has 0 amide bonds. The molecule has 2 rings (SSSR count). The molecule has 0 aliphatic heterocycles. The number of nitrogens with zero attached hydrogens (tertiary/aromatic N) is 4. The molecule has 0 N–H and O–H groups in total. The van der Waals surface area contributed by atoms with Crippen molar-refractivity contribution in [3.05, 3.63) is 11.5 Å². The first-order chi connectivity index (χ1) is 8.31. The summed E-state index contributed by atoms with van der Waals surface area (Å²) in [5.74, 6) is -0.377. The molecule has 0 bridgehead atoms. The zero-order valence-corrected chi connectivity index (χ0v) is 10.4. The van der Waals surface area contributed by atoms with Crippen molar-refractivity contribution >= 4 is 17.7 Å². The molecule has 1 aliphatic carbocycles. The highest BCUT2D eigenvalue weighted by Crippen LogP contribution is 2.31. The second-order valence-corrected chi connectivity index (χ2v) is 4.66. The Labute approximate surface area is 103 Å². The van der Waals surface area contributed by atoms with E-state index in [1.54, 1.807) is 5.41 Å². The van der Waals surface area contributed by atoms with Crippen molar-refractivity contribution in [2.45, 2.75) is 36.9 Å². The van der Waals surface area contributed by atoms with Crippen LogP contribution in [0.15, 0.2) is 16.6 Å². The van der Waals surface area contributed by atoms with Gasteiger partial charge in [-0.2, -0.15) is 0 Å². The van der Waals surface area contributed by atoms with E-state index in [1.165, 1.54) is 37.8 Å². The summed E-state index contributed by atoms with van der Waals surface area (Å²) in [6.07, 6.45) is 6.07. The van der Waals surface area contributed by atoms with Gasteiger partial charge in [0, 0.05) is 6.08 Å². The van der Waals surface area contributed by atoms with Gasteiger partial charge in [-0.05, 0) is 28.7 Å². The Hall–Kier alpha value is -1.37. The Morgan fingerprint density at radius 1 is 1.53 bits per heavy atom. The first kappa shape index (κ1) is 12.1. The van der Waals surface area contributed by atoms with Crippen LogP contribution in [0.3, 0.4) is 0 Å². The molecular weight excluding hydrogens is 240 g/mol. The highest BCUT2D eigenvalue weighted by Gasteiger charge is 2.21. The largest absolute Gasteiger partial charge is 0.466 e. The van der Waals surface area contributed by atoms with E-state index in [0.717, 1.165) is 18.0 Å². The SMILES string of the molecule is COC(=O)C=CSc1nnnn1C1CCCC1. The van der Waals surface area contributed by atoms with Crippen LogP contribution >= 0.6 is 11.8 Å². The average Bonchev–Trinajstić information content (AvgIpc) is 2.98. The lowest BCUT2D eigenvalue weighted by Crippen LogP contribution is -2.07. The third-order valence-corrected chi connectivity index (χ3v) is 3.46. The summed E-state index contributed by atoms with van der Waals surface area (Å²) in [5, 5.41) is 14.0. The summed E-state index contributed by atoms with van der Waals surface area (Å²) < 4.78 is 6.35. The number of tetrazole rings is 1. The zero-order valence-electron chi connectivity index (χ0n) is 9.57. The van der Waals surface area contributed by atoms with Crippen LogP contribution in [0.5, 0.6) is 0 Å². The maximum absolute atomic E-state index is 10.9. The van der Waals surface area contributed by atoms with Crippen LogP contribution in [0.25, 0.3) is 0 Å². The van der Waals surface area contributed by atoms with E-state index in [4.69, 9.17) is 0 Å². The van der Waals surface area contributed by atoms with E-state index in [2.05, 4.69) is 20.3 Å². The van der Waals surface area contributed by atoms with Crippen LogP contribution in [-0.4, -0.2) is 33.3 Å². The van der Waals surface area contributed by atoms with Gasteiger partial charge in [0.25, 0.3) is 0 Å². The highest BCUT2D eigenvalue weighted by molar-refractivity contribution is 8.02. The van der Waals surface area contributed by atoms with Gasteiger partial charge in [0.05, 0.1) is 13.2 Å². The van der Waals surface area contributed by atoms with Crippen LogP contribution in [0.1, 0.15) is 31.7 Å². The minimum absolute atomic E-state index is 0.377. The van der Waals surface area contributed by atoms with E-state index in [1.807, 2.05) is 4.68 Å². The van der Waals surface area contributed by atoms with Crippen molar-refractivity contribution in [1.29, 1.82) is 0 Å². The number of ether oxygens (including phenoxy) is 1. The zero-order chi connectivity index (χ0) is 12.1. The lowest BCUT2D eigenvalue weighted by atomic mass is 10.3. The molecule has 6 nitrogen and oxygen atoms in total. The molecule has 0 unspecified atom stereocenters. The summed E-state index contributed by atoms with van der Waals surface area (Å²) in [5.41, 5.74) is 0. The molecule has 1 heterocycles. The molecule has 1 aliphatic rings. The van der Waals surface area contributed by atoms with Crippen molar-refractivity contribution in [3.8, 4) is 0 Å². The number of aromatic nitrogens is 4. The van der Waals surface area contributed by atoms with Gasteiger partial charge >= 0.3 is 5.97 Å². The van der Waals surface area contributed by atoms with E-state index in [9.17, 15) is 4.79 Å². The molecule has 1 aromatic rings. The van der Waals surface area contributed by atoms with Crippen molar-refractivity contribution < 1.29 is 9.53 Å². The second-order valence-electron chi connectivity index (χ2n) is 3.79. The summed E-state index contributed by atoms with van der Waals surface area (Å²) in [6, 6.07) is 0.402. The Morgan fingerprint density at radius 2 is 2.29 bits per heavy atom. The molecule has 17 heavy (non-hydrogen) atoms. The fraction of sp³-hybridized carbons (Fsp3) is 0.600. The van der Waals surface area contributed by atoms with Crippen LogP contribution in [-0.2, 0) is 9.53 Å². The van der Waals surface area contributed by atoms with Gasteiger partial charge < -0.3 is 4.74 Å². The normalized spacial score (nSPS) is 16.8. The molecule has 0 aromatic carbocycles. The molecule has 92 valence electrons. The van der Waals surface area contributed by atoms with E-state index in [0.29, 0.717) is 6.04 Å². The number of esters is 1. The predicted octanol–water partition coefficient (Wildman–Crippen LogP) is 1.57. The number of carbonyl (C=O) groups excluding carboxylic acids is 1. The molecule has 0 saturated heterocycles. The molecular formula is C10H14N4O2S. The number of hydrogen-bond donors (Lipinski definition) is 0. The molecule has 0 atom stereocenters. The molecule has 7 heteroatoms. The van der Waals surface area contributed by atoms with E-state index < -0.39 is 0 Å². The summed E-state index contributed by atoms with van der Waals surface area (Å²) in [4.78, 5) is 10.9. The molecule has 1 aromatic heterocycles. The Bertz CT molecular complexity index is 412. The van der Waals surface area contributed by atoms with Crippen LogP contribution in [0.4, 0.5) is 0 Å². The second kappa shape index (κ2) is 5.81. The van der Waals surface area contributed by atoms with E-state index >= 15 is 0 Å². The fourth-order valence-corrected chi connectivity index (χ4v) is 2.54. The first-order valence-corrected chi connectivity index (χ1v) is 6.38. The smallest absolute Gasteiger partial charge is 0.330 e. The van der Waals surface area contributed by atoms with Crippen molar-refractivity contribution in [3.63, 3.8) is 0 Å². The number of thioether (sulfide) groups is 1. The number of methoxy groups -OCH3 is 1. The average molecular weight is 254 g/mol. The quantitative estimate of drug-likeness (QED) is 0.461. The maximum atomic E-state index is 10.9. The lowest BCUT2D eigenvalue weighted by Gasteiger charge is -2.09. The van der Waals surface area contributed by atoms with Crippen molar-refractivity contribution in [2.24, 2.45) is 0 Å². The van der Waals surface area contributed by atoms with Gasteiger partial charge in [0.2, 0.25) is 5.16 Å². The molecule has 0 radical (unpaired) electrons. The number of carbonyl (C=O) groups is 1. The van der Waals surface area contributed by atoms with Crippen molar-refractivity contribution in [2.75, 3.05) is 7.11 Å². The van der Waals surface area contributed by atoms with Gasteiger partial charge in [-0.3, -0.25) is 0 Å². The van der Waals surface area contributed by atoms with Crippen LogP contribution in [0.2, 0.25) is 0 Å². The summed E-state index contributed by atoms with van der Waals surface area (Å²) in [7, 11) is 1.35. The maximum Gasteiger partial charge on any atom is 0.330 e. The molecule has 1 saturated carbocycles. The minimum atomic E-state index is -0.377. The number of hydrogen-bond acceptors (Lipinski definition) is 6. The summed E-state index contributed by atoms with van der Waals surface area (Å²) >= 11 is 1.33. The van der Waals surface area contributed by atoms with Crippen molar-refractivity contribution in [1.82, 2.24) is 20.2 Å². The van der Waals surface area contributed by atoms with Gasteiger partial charge in [0.1, 0.15) is 0 Å². The lowest BCUT2D eigenvalue weighted by molar-refractivity contribution is -0.134. The van der Waals surface area contributed by atoms with Gasteiger partial charge in [0.15, 0.2) is 0 Å². The fourth-order valence-electron chi connectivity index (χ4n) is 1.86. The first-order valence-electron chi connectivity index (χ1n) is 5.50. The standard InChI is InChI=1S/C10H14N4O2S/c1-16-9(15)6-7-17-10-11-12-13-14(10)8-4-2-3-5-8/h6-8H,2-5H2,1H3. The van der Waals surface area contributed by atoms with Gasteiger partial charge in [-0.25, -0.2) is 9.48 Å². The van der Waals surface area contributed by atoms with Gasteiger partial charge in [-0.15, -0.1) is 5.10 Å². The third kappa shape index (κ3) is 3.06. The molecule has 0 spiro atoms. The molecule has 1 fully saturated rings. The Balaban J connectivity index is 1.99. The topological polar surface area (TPSA) is 69.9 Å². The Kier molecular flexibility index (Phi) is 4.13. The van der Waals surface area contributed by atoms with Crippen LogP contribution < -0.4 is 0 Å². The third-order valence-electron chi connectivity index (χ3n) is 2.71.